The Morgan fingerprint density at radius 1 is 1.25 bits per heavy atom. The lowest BCUT2D eigenvalue weighted by atomic mass is 10.3. The van der Waals surface area contributed by atoms with E-state index in [9.17, 15) is 0 Å². The Labute approximate surface area is 107 Å². The number of aromatic nitrogens is 1. The second-order valence-corrected chi connectivity index (χ2v) is 4.69. The van der Waals surface area contributed by atoms with Crippen LogP contribution in [0.5, 0.6) is 0 Å². The molecule has 0 unspecified atom stereocenters. The van der Waals surface area contributed by atoms with Crippen molar-refractivity contribution in [3.63, 3.8) is 0 Å². The van der Waals surface area contributed by atoms with Gasteiger partial charge in [-0.05, 0) is 26.3 Å². The van der Waals surface area contributed by atoms with Crippen LogP contribution >= 0.6 is 23.2 Å². The van der Waals surface area contributed by atoms with Crippen molar-refractivity contribution in [1.82, 2.24) is 4.98 Å². The van der Waals surface area contributed by atoms with E-state index in [1.54, 1.807) is 6.07 Å². The van der Waals surface area contributed by atoms with Crippen LogP contribution in [-0.2, 0) is 0 Å². The predicted molar refractivity (Wildman–Crippen MR) is 71.8 cm³/mol. The summed E-state index contributed by atoms with van der Waals surface area (Å²) in [6.07, 6.45) is 1.02. The van der Waals surface area contributed by atoms with E-state index >= 15 is 0 Å². The van der Waals surface area contributed by atoms with Crippen LogP contribution in [-0.4, -0.2) is 17.6 Å². The standard InChI is InChI=1S/C11H17Cl2N3/c1-4-5-14-10-8(12)6-9(13)11(16-10)15-7(2)3/h6-7H,4-5H2,1-3H3,(H2,14,15,16). The maximum Gasteiger partial charge on any atom is 0.147 e. The van der Waals surface area contributed by atoms with Crippen molar-refractivity contribution in [3.05, 3.63) is 16.1 Å². The summed E-state index contributed by atoms with van der Waals surface area (Å²) in [7, 11) is 0. The third-order valence-corrected chi connectivity index (χ3v) is 2.47. The number of hydrogen-bond donors (Lipinski definition) is 2. The van der Waals surface area contributed by atoms with Gasteiger partial charge in [0.2, 0.25) is 0 Å². The molecule has 1 rings (SSSR count). The van der Waals surface area contributed by atoms with Crippen molar-refractivity contribution in [3.8, 4) is 0 Å². The quantitative estimate of drug-likeness (QED) is 0.841. The van der Waals surface area contributed by atoms with Gasteiger partial charge >= 0.3 is 0 Å². The van der Waals surface area contributed by atoms with Crippen LogP contribution < -0.4 is 10.6 Å². The first-order valence-corrected chi connectivity index (χ1v) is 6.16. The van der Waals surface area contributed by atoms with Gasteiger partial charge < -0.3 is 10.6 Å². The smallest absolute Gasteiger partial charge is 0.147 e. The Bertz CT molecular complexity index is 353. The minimum atomic E-state index is 0.283. The third kappa shape index (κ3) is 3.72. The van der Waals surface area contributed by atoms with E-state index in [0.29, 0.717) is 21.7 Å². The molecule has 90 valence electrons. The topological polar surface area (TPSA) is 37.0 Å². The number of hydrogen-bond acceptors (Lipinski definition) is 3. The molecule has 0 radical (unpaired) electrons. The first-order valence-electron chi connectivity index (χ1n) is 5.41. The van der Waals surface area contributed by atoms with Gasteiger partial charge in [0.15, 0.2) is 0 Å². The zero-order chi connectivity index (χ0) is 12.1. The molecule has 0 atom stereocenters. The molecular weight excluding hydrogens is 245 g/mol. The van der Waals surface area contributed by atoms with Crippen molar-refractivity contribution in [2.24, 2.45) is 0 Å². The van der Waals surface area contributed by atoms with Crippen molar-refractivity contribution >= 4 is 34.8 Å². The molecule has 2 N–H and O–H groups in total. The lowest BCUT2D eigenvalue weighted by Crippen LogP contribution is -2.13. The highest BCUT2D eigenvalue weighted by Crippen LogP contribution is 2.29. The van der Waals surface area contributed by atoms with E-state index in [1.807, 2.05) is 13.8 Å². The summed E-state index contributed by atoms with van der Waals surface area (Å²) in [5.74, 6) is 1.34. The zero-order valence-corrected chi connectivity index (χ0v) is 11.3. The molecule has 0 aliphatic heterocycles. The van der Waals surface area contributed by atoms with E-state index in [4.69, 9.17) is 23.2 Å². The van der Waals surface area contributed by atoms with Crippen molar-refractivity contribution < 1.29 is 0 Å². The molecule has 0 aliphatic rings. The summed E-state index contributed by atoms with van der Waals surface area (Å²) < 4.78 is 0. The molecule has 0 bridgehead atoms. The minimum absolute atomic E-state index is 0.283. The molecule has 1 heterocycles. The van der Waals surface area contributed by atoms with Crippen molar-refractivity contribution in [2.45, 2.75) is 33.2 Å². The Morgan fingerprint density at radius 2 is 1.88 bits per heavy atom. The Morgan fingerprint density at radius 3 is 2.44 bits per heavy atom. The Balaban J connectivity index is 2.92. The Hall–Kier alpha value is -0.670. The van der Waals surface area contributed by atoms with Gasteiger partial charge in [-0.2, -0.15) is 0 Å². The molecule has 0 spiro atoms. The van der Waals surface area contributed by atoms with Gasteiger partial charge in [-0.3, -0.25) is 0 Å². The molecule has 0 fully saturated rings. The molecule has 3 nitrogen and oxygen atoms in total. The normalized spacial score (nSPS) is 10.6. The fraction of sp³-hybridized carbons (Fsp3) is 0.545. The fourth-order valence-electron chi connectivity index (χ4n) is 1.21. The molecule has 1 aromatic heterocycles. The maximum absolute atomic E-state index is 6.04. The van der Waals surface area contributed by atoms with E-state index < -0.39 is 0 Å². The number of nitrogens with zero attached hydrogens (tertiary/aromatic N) is 1. The van der Waals surface area contributed by atoms with Crippen LogP contribution in [0.15, 0.2) is 6.07 Å². The van der Waals surface area contributed by atoms with Crippen LogP contribution in [0.1, 0.15) is 27.2 Å². The highest BCUT2D eigenvalue weighted by atomic mass is 35.5. The van der Waals surface area contributed by atoms with Gasteiger partial charge in [0.1, 0.15) is 11.6 Å². The molecule has 0 aliphatic carbocycles. The van der Waals surface area contributed by atoms with Crippen LogP contribution in [0.25, 0.3) is 0 Å². The summed E-state index contributed by atoms with van der Waals surface area (Å²) in [4.78, 5) is 4.36. The molecule has 0 saturated heterocycles. The van der Waals surface area contributed by atoms with Crippen LogP contribution in [0.3, 0.4) is 0 Å². The van der Waals surface area contributed by atoms with Crippen molar-refractivity contribution in [1.29, 1.82) is 0 Å². The highest BCUT2D eigenvalue weighted by Gasteiger charge is 2.09. The van der Waals surface area contributed by atoms with Gasteiger partial charge in [0.25, 0.3) is 0 Å². The summed E-state index contributed by atoms with van der Waals surface area (Å²) in [5, 5.41) is 7.43. The van der Waals surface area contributed by atoms with Crippen molar-refractivity contribution in [2.75, 3.05) is 17.2 Å². The van der Waals surface area contributed by atoms with Crippen LogP contribution in [0, 0.1) is 0 Å². The van der Waals surface area contributed by atoms with E-state index in [-0.39, 0.29) is 6.04 Å². The number of nitrogens with one attached hydrogen (secondary N) is 2. The maximum atomic E-state index is 6.04. The first kappa shape index (κ1) is 13.4. The molecular formula is C11H17Cl2N3. The number of pyridine rings is 1. The van der Waals surface area contributed by atoms with Crippen LogP contribution in [0.4, 0.5) is 11.6 Å². The number of rotatable bonds is 5. The second-order valence-electron chi connectivity index (χ2n) is 3.88. The summed E-state index contributed by atoms with van der Waals surface area (Å²) in [6.45, 7) is 7.00. The highest BCUT2D eigenvalue weighted by molar-refractivity contribution is 6.37. The predicted octanol–water partition coefficient (Wildman–Crippen LogP) is 4.03. The van der Waals surface area contributed by atoms with Crippen LogP contribution in [0.2, 0.25) is 10.0 Å². The zero-order valence-electron chi connectivity index (χ0n) is 9.77. The van der Waals surface area contributed by atoms with E-state index in [2.05, 4.69) is 22.5 Å². The third-order valence-electron chi connectivity index (χ3n) is 1.90. The average molecular weight is 262 g/mol. The molecule has 5 heteroatoms. The molecule has 0 amide bonds. The lowest BCUT2D eigenvalue weighted by Gasteiger charge is -2.14. The fourth-order valence-corrected chi connectivity index (χ4v) is 1.69. The number of halogens is 2. The second kappa shape index (κ2) is 6.16. The molecule has 0 aromatic carbocycles. The monoisotopic (exact) mass is 261 g/mol. The molecule has 0 saturated carbocycles. The number of anilines is 2. The summed E-state index contributed by atoms with van der Waals surface area (Å²) >= 11 is 12.1. The average Bonchev–Trinajstić information content (AvgIpc) is 2.20. The first-order chi connectivity index (χ1) is 7.54. The van der Waals surface area contributed by atoms with Gasteiger partial charge in [0.05, 0.1) is 10.0 Å². The van der Waals surface area contributed by atoms with Gasteiger partial charge in [-0.15, -0.1) is 0 Å². The minimum Gasteiger partial charge on any atom is -0.369 e. The summed E-state index contributed by atoms with van der Waals surface area (Å²) in [5.41, 5.74) is 0. The summed E-state index contributed by atoms with van der Waals surface area (Å²) in [6, 6.07) is 1.99. The van der Waals surface area contributed by atoms with E-state index in [1.165, 1.54) is 0 Å². The van der Waals surface area contributed by atoms with Gasteiger partial charge in [0, 0.05) is 12.6 Å². The SMILES string of the molecule is CCCNc1nc(NC(C)C)c(Cl)cc1Cl. The largest absolute Gasteiger partial charge is 0.369 e. The van der Waals surface area contributed by atoms with Gasteiger partial charge in [-0.25, -0.2) is 4.98 Å². The van der Waals surface area contributed by atoms with E-state index in [0.717, 1.165) is 13.0 Å². The molecule has 1 aromatic rings. The Kier molecular flexibility index (Phi) is 5.16. The lowest BCUT2D eigenvalue weighted by molar-refractivity contribution is 0.888. The molecule has 16 heavy (non-hydrogen) atoms. The van der Waals surface area contributed by atoms with Gasteiger partial charge in [-0.1, -0.05) is 30.1 Å².